The molecule has 5 heteroatoms. The normalized spacial score (nSPS) is 12.9. The van der Waals surface area contributed by atoms with Crippen LogP contribution < -0.4 is 5.32 Å². The van der Waals surface area contributed by atoms with Crippen LogP contribution in [0.25, 0.3) is 0 Å². The maximum absolute atomic E-state index is 6.20. The summed E-state index contributed by atoms with van der Waals surface area (Å²) in [6.45, 7) is 6.51. The van der Waals surface area contributed by atoms with Crippen LogP contribution in [-0.4, -0.2) is 30.0 Å². The van der Waals surface area contributed by atoms with Crippen LogP contribution in [0, 0.1) is 0 Å². The van der Waals surface area contributed by atoms with E-state index in [1.54, 1.807) is 6.20 Å². The average Bonchev–Trinajstić information content (AvgIpc) is 2.68. The number of aromatic nitrogens is 2. The van der Waals surface area contributed by atoms with Crippen molar-refractivity contribution in [3.05, 3.63) is 16.9 Å². The summed E-state index contributed by atoms with van der Waals surface area (Å²) in [6.07, 6.45) is 3.67. The molecule has 4 nitrogen and oxygen atoms in total. The Hall–Kier alpha value is -0.580. The Labute approximate surface area is 108 Å². The molecule has 0 aliphatic carbocycles. The van der Waals surface area contributed by atoms with Gasteiger partial charge in [-0.2, -0.15) is 5.10 Å². The van der Waals surface area contributed by atoms with E-state index < -0.39 is 0 Å². The molecule has 1 N–H and O–H groups in total. The second-order valence-electron chi connectivity index (χ2n) is 3.93. The lowest BCUT2D eigenvalue weighted by Gasteiger charge is -2.18. The third kappa shape index (κ3) is 3.98. The van der Waals surface area contributed by atoms with Crippen molar-refractivity contribution in [2.45, 2.75) is 39.3 Å². The zero-order valence-corrected chi connectivity index (χ0v) is 11.6. The van der Waals surface area contributed by atoms with Crippen LogP contribution in [0.4, 0.5) is 0 Å². The third-order valence-corrected chi connectivity index (χ3v) is 2.99. The quantitative estimate of drug-likeness (QED) is 0.730. The lowest BCUT2D eigenvalue weighted by Crippen LogP contribution is -2.22. The van der Waals surface area contributed by atoms with Crippen molar-refractivity contribution in [2.24, 2.45) is 0 Å². The summed E-state index contributed by atoms with van der Waals surface area (Å²) < 4.78 is 7.37. The molecule has 0 aliphatic heterocycles. The first kappa shape index (κ1) is 14.5. The van der Waals surface area contributed by atoms with Gasteiger partial charge in [0, 0.05) is 19.8 Å². The maximum Gasteiger partial charge on any atom is 0.0834 e. The molecular weight excluding hydrogens is 238 g/mol. The highest BCUT2D eigenvalue weighted by molar-refractivity contribution is 6.31. The maximum atomic E-state index is 6.20. The van der Waals surface area contributed by atoms with Crippen molar-refractivity contribution in [1.82, 2.24) is 15.1 Å². The molecule has 0 spiro atoms. The summed E-state index contributed by atoms with van der Waals surface area (Å²) in [5, 5.41) is 8.32. The molecular formula is C12H22ClN3O. The van der Waals surface area contributed by atoms with Crippen LogP contribution in [-0.2, 0) is 11.3 Å². The van der Waals surface area contributed by atoms with E-state index in [4.69, 9.17) is 16.3 Å². The van der Waals surface area contributed by atoms with Crippen molar-refractivity contribution in [1.29, 1.82) is 0 Å². The van der Waals surface area contributed by atoms with Gasteiger partial charge in [-0.15, -0.1) is 0 Å². The van der Waals surface area contributed by atoms with Crippen LogP contribution in [0.3, 0.4) is 0 Å². The highest BCUT2D eigenvalue weighted by Crippen LogP contribution is 2.25. The Morgan fingerprint density at radius 3 is 2.88 bits per heavy atom. The summed E-state index contributed by atoms with van der Waals surface area (Å²) in [6, 6.07) is 0.197. The summed E-state index contributed by atoms with van der Waals surface area (Å²) in [5.41, 5.74) is 1.07. The molecule has 0 amide bonds. The van der Waals surface area contributed by atoms with Gasteiger partial charge in [-0.1, -0.05) is 18.5 Å². The minimum atomic E-state index is 0.197. The van der Waals surface area contributed by atoms with Crippen molar-refractivity contribution >= 4 is 11.6 Å². The van der Waals surface area contributed by atoms with Crippen molar-refractivity contribution in [3.63, 3.8) is 0 Å². The van der Waals surface area contributed by atoms with Crippen LogP contribution in [0.5, 0.6) is 0 Å². The van der Waals surface area contributed by atoms with Crippen molar-refractivity contribution < 1.29 is 4.74 Å². The Bertz CT molecular complexity index is 328. The average molecular weight is 260 g/mol. The predicted molar refractivity (Wildman–Crippen MR) is 70.4 cm³/mol. The van der Waals surface area contributed by atoms with E-state index in [-0.39, 0.29) is 6.04 Å². The topological polar surface area (TPSA) is 39.1 Å². The fourth-order valence-corrected chi connectivity index (χ4v) is 2.14. The zero-order valence-electron chi connectivity index (χ0n) is 10.9. The number of hydrogen-bond donors (Lipinski definition) is 1. The molecule has 0 radical (unpaired) electrons. The van der Waals surface area contributed by atoms with E-state index in [1.165, 1.54) is 0 Å². The van der Waals surface area contributed by atoms with Crippen molar-refractivity contribution in [2.75, 3.05) is 20.3 Å². The first-order chi connectivity index (χ1) is 8.24. The molecule has 0 saturated heterocycles. The van der Waals surface area contributed by atoms with Crippen LogP contribution in [0.1, 0.15) is 38.4 Å². The SMILES string of the molecule is CCCn1ncc(Cl)c1C(CCOCC)NC. The zero-order chi connectivity index (χ0) is 12.7. The van der Waals surface area contributed by atoms with E-state index in [0.717, 1.165) is 43.3 Å². The Morgan fingerprint density at radius 1 is 1.53 bits per heavy atom. The van der Waals surface area contributed by atoms with E-state index >= 15 is 0 Å². The monoisotopic (exact) mass is 259 g/mol. The van der Waals surface area contributed by atoms with Crippen LogP contribution >= 0.6 is 11.6 Å². The first-order valence-electron chi connectivity index (χ1n) is 6.20. The molecule has 1 aromatic rings. The summed E-state index contributed by atoms with van der Waals surface area (Å²) in [7, 11) is 1.94. The number of halogens is 1. The van der Waals surface area contributed by atoms with Gasteiger partial charge in [0.2, 0.25) is 0 Å². The minimum absolute atomic E-state index is 0.197. The molecule has 1 unspecified atom stereocenters. The fourth-order valence-electron chi connectivity index (χ4n) is 1.87. The number of ether oxygens (including phenoxy) is 1. The molecule has 1 aromatic heterocycles. The number of rotatable bonds is 8. The van der Waals surface area contributed by atoms with Crippen LogP contribution in [0.15, 0.2) is 6.20 Å². The number of hydrogen-bond acceptors (Lipinski definition) is 3. The minimum Gasteiger partial charge on any atom is -0.382 e. The number of nitrogens with one attached hydrogen (secondary N) is 1. The first-order valence-corrected chi connectivity index (χ1v) is 6.58. The van der Waals surface area contributed by atoms with E-state index in [1.807, 2.05) is 18.7 Å². The van der Waals surface area contributed by atoms with Gasteiger partial charge in [0.05, 0.1) is 23.0 Å². The van der Waals surface area contributed by atoms with Gasteiger partial charge in [-0.25, -0.2) is 0 Å². The predicted octanol–water partition coefficient (Wildman–Crippen LogP) is 2.63. The van der Waals surface area contributed by atoms with E-state index in [0.29, 0.717) is 0 Å². The molecule has 0 fully saturated rings. The summed E-state index contributed by atoms with van der Waals surface area (Å²) in [5.74, 6) is 0. The Kier molecular flexibility index (Phi) is 6.55. The van der Waals surface area contributed by atoms with Gasteiger partial charge in [0.25, 0.3) is 0 Å². The second-order valence-corrected chi connectivity index (χ2v) is 4.33. The number of aryl methyl sites for hydroxylation is 1. The highest BCUT2D eigenvalue weighted by atomic mass is 35.5. The molecule has 0 bridgehead atoms. The molecule has 98 valence electrons. The molecule has 1 atom stereocenters. The van der Waals surface area contributed by atoms with Gasteiger partial charge in [-0.3, -0.25) is 4.68 Å². The lowest BCUT2D eigenvalue weighted by molar-refractivity contribution is 0.136. The standard InChI is InChI=1S/C12H22ClN3O/c1-4-7-16-12(10(13)9-15-16)11(14-3)6-8-17-5-2/h9,11,14H,4-8H2,1-3H3. The smallest absolute Gasteiger partial charge is 0.0834 e. The van der Waals surface area contributed by atoms with E-state index in [9.17, 15) is 0 Å². The molecule has 0 aliphatic rings. The molecule has 0 saturated carbocycles. The van der Waals surface area contributed by atoms with Gasteiger partial charge in [0.15, 0.2) is 0 Å². The van der Waals surface area contributed by atoms with Gasteiger partial charge in [0.1, 0.15) is 0 Å². The fraction of sp³-hybridized carbons (Fsp3) is 0.750. The van der Waals surface area contributed by atoms with Gasteiger partial charge >= 0.3 is 0 Å². The molecule has 1 rings (SSSR count). The third-order valence-electron chi connectivity index (χ3n) is 2.70. The summed E-state index contributed by atoms with van der Waals surface area (Å²) >= 11 is 6.20. The second kappa shape index (κ2) is 7.69. The molecule has 17 heavy (non-hydrogen) atoms. The van der Waals surface area contributed by atoms with Crippen molar-refractivity contribution in [3.8, 4) is 0 Å². The van der Waals surface area contributed by atoms with E-state index in [2.05, 4.69) is 17.3 Å². The van der Waals surface area contributed by atoms with Crippen LogP contribution in [0.2, 0.25) is 5.02 Å². The summed E-state index contributed by atoms with van der Waals surface area (Å²) in [4.78, 5) is 0. The Balaban J connectivity index is 2.75. The highest BCUT2D eigenvalue weighted by Gasteiger charge is 2.18. The van der Waals surface area contributed by atoms with Gasteiger partial charge in [-0.05, 0) is 26.8 Å². The Morgan fingerprint density at radius 2 is 2.29 bits per heavy atom. The lowest BCUT2D eigenvalue weighted by atomic mass is 10.1. The number of nitrogens with zero attached hydrogens (tertiary/aromatic N) is 2. The van der Waals surface area contributed by atoms with Gasteiger partial charge < -0.3 is 10.1 Å². The largest absolute Gasteiger partial charge is 0.382 e. The molecule has 1 heterocycles. The molecule has 0 aromatic carbocycles.